The second kappa shape index (κ2) is 3.66. The Balaban J connectivity index is 2.16. The third-order valence-electron chi connectivity index (χ3n) is 1.72. The van der Waals surface area contributed by atoms with Crippen molar-refractivity contribution in [3.05, 3.63) is 28.7 Å². The van der Waals surface area contributed by atoms with Gasteiger partial charge in [0.2, 0.25) is 6.79 Å². The van der Waals surface area contributed by atoms with Crippen LogP contribution in [-0.2, 0) is 5.75 Å². The first-order valence-corrected chi connectivity index (χ1v) is 4.67. The Morgan fingerprint density at radius 1 is 1.38 bits per heavy atom. The zero-order valence-electron chi connectivity index (χ0n) is 6.73. The normalized spacial score (nSPS) is 12.9. The molecule has 1 aromatic rings. The van der Waals surface area contributed by atoms with Gasteiger partial charge in [0.1, 0.15) is 0 Å². The molecule has 1 heterocycles. The highest BCUT2D eigenvalue weighted by molar-refractivity contribution is 7.97. The first-order chi connectivity index (χ1) is 6.40. The molecule has 2 rings (SSSR count). The molecule has 0 fully saturated rings. The van der Waals surface area contributed by atoms with E-state index in [0.29, 0.717) is 5.75 Å². The summed E-state index contributed by atoms with van der Waals surface area (Å²) in [4.78, 5) is 9.87. The number of benzene rings is 1. The second-order valence-corrected chi connectivity index (χ2v) is 3.23. The fourth-order valence-electron chi connectivity index (χ4n) is 1.13. The maximum Gasteiger partial charge on any atom is 0.231 e. The summed E-state index contributed by atoms with van der Waals surface area (Å²) in [6.45, 7) is 0.276. The average Bonchev–Trinajstić information content (AvgIpc) is 2.61. The predicted molar refractivity (Wildman–Crippen MR) is 49.7 cm³/mol. The van der Waals surface area contributed by atoms with Crippen LogP contribution in [0, 0.1) is 4.91 Å². The molecule has 5 heteroatoms. The lowest BCUT2D eigenvalue weighted by Gasteiger charge is -1.98. The highest BCUT2D eigenvalue weighted by Gasteiger charge is 2.12. The molecule has 68 valence electrons. The van der Waals surface area contributed by atoms with Crippen LogP contribution >= 0.6 is 11.9 Å². The average molecular weight is 197 g/mol. The molecular weight excluding hydrogens is 190 g/mol. The first kappa shape index (κ1) is 8.37. The zero-order chi connectivity index (χ0) is 9.10. The van der Waals surface area contributed by atoms with Crippen molar-refractivity contribution in [1.82, 2.24) is 0 Å². The van der Waals surface area contributed by atoms with E-state index in [2.05, 4.69) is 4.58 Å². The van der Waals surface area contributed by atoms with Crippen molar-refractivity contribution in [2.24, 2.45) is 4.58 Å². The highest BCUT2D eigenvalue weighted by atomic mass is 32.2. The summed E-state index contributed by atoms with van der Waals surface area (Å²) in [5, 5.41) is 0. The van der Waals surface area contributed by atoms with Gasteiger partial charge in [-0.2, -0.15) is 0 Å². The molecule has 0 bridgehead atoms. The SMILES string of the molecule is O=NSCc1ccc2c(c1)OCO2. The number of ether oxygens (including phenoxy) is 2. The van der Waals surface area contributed by atoms with Crippen molar-refractivity contribution >= 4 is 11.9 Å². The number of fused-ring (bicyclic) bond motifs is 1. The van der Waals surface area contributed by atoms with Gasteiger partial charge in [-0.15, -0.1) is 4.91 Å². The molecule has 1 aliphatic rings. The monoisotopic (exact) mass is 197 g/mol. The minimum absolute atomic E-state index is 0.276. The Morgan fingerprint density at radius 3 is 3.08 bits per heavy atom. The quantitative estimate of drug-likeness (QED) is 0.551. The summed E-state index contributed by atoms with van der Waals surface area (Å²) < 4.78 is 13.0. The third-order valence-corrected chi connectivity index (χ3v) is 2.29. The molecule has 0 aliphatic carbocycles. The Hall–Kier alpha value is -1.23. The van der Waals surface area contributed by atoms with E-state index in [1.807, 2.05) is 18.2 Å². The van der Waals surface area contributed by atoms with Gasteiger partial charge in [0.25, 0.3) is 0 Å². The van der Waals surface area contributed by atoms with Gasteiger partial charge in [0, 0.05) is 22.3 Å². The van der Waals surface area contributed by atoms with E-state index in [9.17, 15) is 4.91 Å². The van der Waals surface area contributed by atoms with Crippen LogP contribution in [0.3, 0.4) is 0 Å². The molecule has 13 heavy (non-hydrogen) atoms. The topological polar surface area (TPSA) is 47.9 Å². The zero-order valence-corrected chi connectivity index (χ0v) is 7.54. The summed E-state index contributed by atoms with van der Waals surface area (Å²) in [6.07, 6.45) is 0. The smallest absolute Gasteiger partial charge is 0.231 e. The van der Waals surface area contributed by atoms with Crippen LogP contribution in [0.15, 0.2) is 22.8 Å². The fourth-order valence-corrected chi connectivity index (χ4v) is 1.51. The molecule has 0 radical (unpaired) electrons. The van der Waals surface area contributed by atoms with Crippen LogP contribution in [0.4, 0.5) is 0 Å². The van der Waals surface area contributed by atoms with E-state index in [4.69, 9.17) is 9.47 Å². The minimum atomic E-state index is 0.276. The van der Waals surface area contributed by atoms with Crippen LogP contribution in [-0.4, -0.2) is 6.79 Å². The Labute approximate surface area is 79.3 Å². The van der Waals surface area contributed by atoms with Gasteiger partial charge in [0.15, 0.2) is 11.5 Å². The second-order valence-electron chi connectivity index (χ2n) is 2.54. The largest absolute Gasteiger partial charge is 0.454 e. The van der Waals surface area contributed by atoms with E-state index < -0.39 is 0 Å². The molecule has 1 aromatic carbocycles. The summed E-state index contributed by atoms with van der Waals surface area (Å²) in [6, 6.07) is 5.59. The Kier molecular flexibility index (Phi) is 2.35. The standard InChI is InChI=1S/C8H7NO3S/c10-9-13-4-6-1-2-7-8(3-6)12-5-11-7/h1-3H,4-5H2. The Morgan fingerprint density at radius 2 is 2.23 bits per heavy atom. The number of hydrogen-bond acceptors (Lipinski definition) is 5. The van der Waals surface area contributed by atoms with Gasteiger partial charge in [-0.25, -0.2) is 0 Å². The lowest BCUT2D eigenvalue weighted by molar-refractivity contribution is 0.174. The molecular formula is C8H7NO3S. The van der Waals surface area contributed by atoms with Crippen LogP contribution in [0.5, 0.6) is 11.5 Å². The maximum atomic E-state index is 9.87. The fraction of sp³-hybridized carbons (Fsp3) is 0.250. The van der Waals surface area contributed by atoms with Gasteiger partial charge in [-0.05, 0) is 17.7 Å². The highest BCUT2D eigenvalue weighted by Crippen LogP contribution is 2.33. The van der Waals surface area contributed by atoms with Crippen LogP contribution in [0.1, 0.15) is 5.56 Å². The molecule has 0 amide bonds. The first-order valence-electron chi connectivity index (χ1n) is 3.73. The Bertz CT molecular complexity index is 329. The van der Waals surface area contributed by atoms with Crippen molar-refractivity contribution in [1.29, 1.82) is 0 Å². The van der Waals surface area contributed by atoms with Gasteiger partial charge in [-0.3, -0.25) is 0 Å². The molecule has 0 spiro atoms. The minimum Gasteiger partial charge on any atom is -0.454 e. The summed E-state index contributed by atoms with van der Waals surface area (Å²) >= 11 is 0.980. The van der Waals surface area contributed by atoms with E-state index in [-0.39, 0.29) is 6.79 Å². The van der Waals surface area contributed by atoms with Gasteiger partial charge in [0.05, 0.1) is 0 Å². The lowest BCUT2D eigenvalue weighted by Crippen LogP contribution is -1.92. The summed E-state index contributed by atoms with van der Waals surface area (Å²) in [7, 11) is 0. The summed E-state index contributed by atoms with van der Waals surface area (Å²) in [5.74, 6) is 2.07. The maximum absolute atomic E-state index is 9.87. The van der Waals surface area contributed by atoms with Crippen molar-refractivity contribution < 1.29 is 9.47 Å². The third kappa shape index (κ3) is 1.75. The van der Waals surface area contributed by atoms with Gasteiger partial charge < -0.3 is 9.47 Å². The number of nitroso groups, excluding NO2 is 1. The molecule has 0 saturated carbocycles. The van der Waals surface area contributed by atoms with Gasteiger partial charge in [-0.1, -0.05) is 6.07 Å². The van der Waals surface area contributed by atoms with Crippen molar-refractivity contribution in [2.45, 2.75) is 5.75 Å². The summed E-state index contributed by atoms with van der Waals surface area (Å²) in [5.41, 5.74) is 1.01. The predicted octanol–water partition coefficient (Wildman–Crippen LogP) is 2.33. The van der Waals surface area contributed by atoms with Gasteiger partial charge >= 0.3 is 0 Å². The molecule has 0 N–H and O–H groups in total. The van der Waals surface area contributed by atoms with Crippen LogP contribution in [0.2, 0.25) is 0 Å². The van der Waals surface area contributed by atoms with Crippen molar-refractivity contribution in [2.75, 3.05) is 6.79 Å². The van der Waals surface area contributed by atoms with Crippen LogP contribution < -0.4 is 9.47 Å². The van der Waals surface area contributed by atoms with Crippen molar-refractivity contribution in [3.8, 4) is 11.5 Å². The molecule has 0 atom stereocenters. The molecule has 0 unspecified atom stereocenters. The number of rotatable bonds is 3. The van der Waals surface area contributed by atoms with Crippen molar-refractivity contribution in [3.63, 3.8) is 0 Å². The lowest BCUT2D eigenvalue weighted by atomic mass is 10.2. The molecule has 4 nitrogen and oxygen atoms in total. The van der Waals surface area contributed by atoms with E-state index in [0.717, 1.165) is 29.0 Å². The molecule has 0 aromatic heterocycles. The van der Waals surface area contributed by atoms with E-state index >= 15 is 0 Å². The molecule has 0 saturated heterocycles. The number of nitrogens with zero attached hydrogens (tertiary/aromatic N) is 1. The molecule has 1 aliphatic heterocycles. The number of hydrogen-bond donors (Lipinski definition) is 0. The van der Waals surface area contributed by atoms with E-state index in [1.165, 1.54) is 0 Å². The van der Waals surface area contributed by atoms with Crippen LogP contribution in [0.25, 0.3) is 0 Å². The van der Waals surface area contributed by atoms with E-state index in [1.54, 1.807) is 0 Å².